The predicted octanol–water partition coefficient (Wildman–Crippen LogP) is 1.84. The summed E-state index contributed by atoms with van der Waals surface area (Å²) < 4.78 is 5.39. The Hall–Kier alpha value is -1.72. The van der Waals surface area contributed by atoms with Gasteiger partial charge in [-0.1, -0.05) is 28.9 Å². The Labute approximate surface area is 119 Å². The van der Waals surface area contributed by atoms with Gasteiger partial charge in [0.05, 0.1) is 6.54 Å². The van der Waals surface area contributed by atoms with Crippen molar-refractivity contribution in [2.24, 2.45) is 0 Å². The zero-order chi connectivity index (χ0) is 13.9. The zero-order valence-electron chi connectivity index (χ0n) is 12.0. The second-order valence-electron chi connectivity index (χ2n) is 5.40. The van der Waals surface area contributed by atoms with Crippen LogP contribution in [0.1, 0.15) is 18.4 Å². The number of benzene rings is 1. The maximum Gasteiger partial charge on any atom is 0.241 e. The van der Waals surface area contributed by atoms with Crippen molar-refractivity contribution in [2.75, 3.05) is 19.6 Å². The molecule has 0 saturated carbocycles. The van der Waals surface area contributed by atoms with Gasteiger partial charge in [-0.25, -0.2) is 0 Å². The van der Waals surface area contributed by atoms with E-state index >= 15 is 0 Å². The number of aryl methyl sites for hydroxylation is 1. The maximum atomic E-state index is 5.39. The van der Waals surface area contributed by atoms with Crippen molar-refractivity contribution in [2.45, 2.75) is 26.4 Å². The van der Waals surface area contributed by atoms with Crippen molar-refractivity contribution < 1.29 is 4.52 Å². The SMILES string of the molecule is Cc1cccc(-c2noc(CN3CCNC[C@@H]3C)n2)c1. The highest BCUT2D eigenvalue weighted by Gasteiger charge is 2.20. The third-order valence-electron chi connectivity index (χ3n) is 3.72. The molecule has 0 spiro atoms. The van der Waals surface area contributed by atoms with Gasteiger partial charge in [-0.2, -0.15) is 4.98 Å². The minimum atomic E-state index is 0.498. The minimum absolute atomic E-state index is 0.498. The van der Waals surface area contributed by atoms with Gasteiger partial charge in [-0.3, -0.25) is 4.90 Å². The van der Waals surface area contributed by atoms with E-state index in [-0.39, 0.29) is 0 Å². The number of aromatic nitrogens is 2. The number of piperazine rings is 1. The van der Waals surface area contributed by atoms with Crippen LogP contribution >= 0.6 is 0 Å². The van der Waals surface area contributed by atoms with Gasteiger partial charge in [-0.15, -0.1) is 0 Å². The van der Waals surface area contributed by atoms with E-state index in [4.69, 9.17) is 4.52 Å². The van der Waals surface area contributed by atoms with Crippen LogP contribution in [0.3, 0.4) is 0 Å². The lowest BCUT2D eigenvalue weighted by Gasteiger charge is -2.32. The molecule has 1 saturated heterocycles. The summed E-state index contributed by atoms with van der Waals surface area (Å²) in [4.78, 5) is 6.88. The van der Waals surface area contributed by atoms with Crippen molar-refractivity contribution in [1.82, 2.24) is 20.4 Å². The molecule has 0 amide bonds. The Balaban J connectivity index is 1.73. The standard InChI is InChI=1S/C15H20N4O/c1-11-4-3-5-13(8-11)15-17-14(20-18-15)10-19-7-6-16-9-12(19)2/h3-5,8,12,16H,6-7,9-10H2,1-2H3/t12-/m0/s1. The van der Waals surface area contributed by atoms with Gasteiger partial charge in [0.2, 0.25) is 11.7 Å². The summed E-state index contributed by atoms with van der Waals surface area (Å²) in [6.45, 7) is 8.05. The second-order valence-corrected chi connectivity index (χ2v) is 5.40. The van der Waals surface area contributed by atoms with E-state index in [1.165, 1.54) is 5.56 Å². The molecular weight excluding hydrogens is 252 g/mol. The molecule has 20 heavy (non-hydrogen) atoms. The molecule has 1 aliphatic rings. The first-order valence-corrected chi connectivity index (χ1v) is 7.07. The van der Waals surface area contributed by atoms with Crippen LogP contribution in [0.4, 0.5) is 0 Å². The van der Waals surface area contributed by atoms with Gasteiger partial charge in [0.25, 0.3) is 0 Å². The molecule has 106 valence electrons. The van der Waals surface area contributed by atoms with Gasteiger partial charge in [0, 0.05) is 31.2 Å². The van der Waals surface area contributed by atoms with Crippen LogP contribution in [0.2, 0.25) is 0 Å². The lowest BCUT2D eigenvalue weighted by Crippen LogP contribution is -2.49. The van der Waals surface area contributed by atoms with Gasteiger partial charge in [-0.05, 0) is 19.9 Å². The third-order valence-corrected chi connectivity index (χ3v) is 3.72. The smallest absolute Gasteiger partial charge is 0.241 e. The van der Waals surface area contributed by atoms with Crippen LogP contribution in [-0.2, 0) is 6.54 Å². The van der Waals surface area contributed by atoms with Crippen LogP contribution in [0.5, 0.6) is 0 Å². The Morgan fingerprint density at radius 1 is 1.45 bits per heavy atom. The lowest BCUT2D eigenvalue weighted by atomic mass is 10.1. The molecule has 0 radical (unpaired) electrons. The zero-order valence-corrected chi connectivity index (χ0v) is 12.0. The normalized spacial score (nSPS) is 20.2. The maximum absolute atomic E-state index is 5.39. The summed E-state index contributed by atoms with van der Waals surface area (Å²) in [5.41, 5.74) is 2.21. The van der Waals surface area contributed by atoms with Crippen LogP contribution in [0.25, 0.3) is 11.4 Å². The van der Waals surface area contributed by atoms with Crippen molar-refractivity contribution >= 4 is 0 Å². The average molecular weight is 272 g/mol. The highest BCUT2D eigenvalue weighted by Crippen LogP contribution is 2.18. The first-order chi connectivity index (χ1) is 9.72. The van der Waals surface area contributed by atoms with Crippen LogP contribution in [0, 0.1) is 6.92 Å². The topological polar surface area (TPSA) is 54.2 Å². The summed E-state index contributed by atoms with van der Waals surface area (Å²) in [5.74, 6) is 1.36. The van der Waals surface area contributed by atoms with Crippen molar-refractivity contribution in [1.29, 1.82) is 0 Å². The molecule has 0 aliphatic carbocycles. The first-order valence-electron chi connectivity index (χ1n) is 7.07. The molecule has 3 rings (SSSR count). The predicted molar refractivity (Wildman–Crippen MR) is 77.2 cm³/mol. The van der Waals surface area contributed by atoms with E-state index in [0.29, 0.717) is 17.8 Å². The summed E-state index contributed by atoms with van der Waals surface area (Å²) in [5, 5.41) is 7.47. The quantitative estimate of drug-likeness (QED) is 0.924. The number of hydrogen-bond donors (Lipinski definition) is 1. The highest BCUT2D eigenvalue weighted by atomic mass is 16.5. The van der Waals surface area contributed by atoms with E-state index in [0.717, 1.165) is 31.7 Å². The second kappa shape index (κ2) is 5.73. The molecule has 1 aromatic heterocycles. The summed E-state index contributed by atoms with van der Waals surface area (Å²) in [6.07, 6.45) is 0. The van der Waals surface area contributed by atoms with Gasteiger partial charge < -0.3 is 9.84 Å². The van der Waals surface area contributed by atoms with Crippen molar-refractivity contribution in [3.05, 3.63) is 35.7 Å². The molecule has 5 nitrogen and oxygen atoms in total. The Bertz CT molecular complexity index is 581. The Kier molecular flexibility index (Phi) is 3.80. The molecule has 1 N–H and O–H groups in total. The molecule has 1 atom stereocenters. The fraction of sp³-hybridized carbons (Fsp3) is 0.467. The molecular formula is C15H20N4O. The number of rotatable bonds is 3. The van der Waals surface area contributed by atoms with Crippen molar-refractivity contribution in [3.63, 3.8) is 0 Å². The van der Waals surface area contributed by atoms with Gasteiger partial charge >= 0.3 is 0 Å². The summed E-state index contributed by atoms with van der Waals surface area (Å²) in [7, 11) is 0. The molecule has 0 bridgehead atoms. The molecule has 1 aromatic carbocycles. The lowest BCUT2D eigenvalue weighted by molar-refractivity contribution is 0.146. The van der Waals surface area contributed by atoms with Crippen LogP contribution in [0.15, 0.2) is 28.8 Å². The first kappa shape index (κ1) is 13.3. The van der Waals surface area contributed by atoms with E-state index in [1.807, 2.05) is 12.1 Å². The molecule has 1 fully saturated rings. The molecule has 1 aliphatic heterocycles. The van der Waals surface area contributed by atoms with E-state index in [1.54, 1.807) is 0 Å². The summed E-state index contributed by atoms with van der Waals surface area (Å²) in [6, 6.07) is 8.65. The van der Waals surface area contributed by atoms with E-state index in [2.05, 4.69) is 46.3 Å². The molecule has 0 unspecified atom stereocenters. The molecule has 2 heterocycles. The molecule has 5 heteroatoms. The van der Waals surface area contributed by atoms with Gasteiger partial charge in [0.1, 0.15) is 0 Å². The molecule has 2 aromatic rings. The number of nitrogens with one attached hydrogen (secondary N) is 1. The van der Waals surface area contributed by atoms with Crippen LogP contribution in [-0.4, -0.2) is 40.7 Å². The van der Waals surface area contributed by atoms with Crippen molar-refractivity contribution in [3.8, 4) is 11.4 Å². The monoisotopic (exact) mass is 272 g/mol. The summed E-state index contributed by atoms with van der Waals surface area (Å²) >= 11 is 0. The van der Waals surface area contributed by atoms with E-state index in [9.17, 15) is 0 Å². The number of nitrogens with zero attached hydrogens (tertiary/aromatic N) is 3. The Morgan fingerprint density at radius 3 is 3.15 bits per heavy atom. The van der Waals surface area contributed by atoms with E-state index < -0.39 is 0 Å². The fourth-order valence-corrected chi connectivity index (χ4v) is 2.51. The highest BCUT2D eigenvalue weighted by molar-refractivity contribution is 5.55. The third kappa shape index (κ3) is 2.89. The Morgan fingerprint density at radius 2 is 2.35 bits per heavy atom. The van der Waals surface area contributed by atoms with Gasteiger partial charge in [0.15, 0.2) is 0 Å². The minimum Gasteiger partial charge on any atom is -0.338 e. The van der Waals surface area contributed by atoms with Crippen LogP contribution < -0.4 is 5.32 Å². The largest absolute Gasteiger partial charge is 0.338 e. The number of hydrogen-bond acceptors (Lipinski definition) is 5. The average Bonchev–Trinajstić information content (AvgIpc) is 2.90. The fourth-order valence-electron chi connectivity index (χ4n) is 2.51.